The summed E-state index contributed by atoms with van der Waals surface area (Å²) in [5.74, 6) is 0. The lowest BCUT2D eigenvalue weighted by Crippen LogP contribution is -2.18. The summed E-state index contributed by atoms with van der Waals surface area (Å²) in [4.78, 5) is 4.84. The maximum absolute atomic E-state index is 11.0. The van der Waals surface area contributed by atoms with E-state index in [1.807, 2.05) is 0 Å². The molecule has 13 heavy (non-hydrogen) atoms. The summed E-state index contributed by atoms with van der Waals surface area (Å²) in [5, 5.41) is 1.27. The summed E-state index contributed by atoms with van der Waals surface area (Å²) >= 11 is 0. The molecule has 0 unspecified atom stereocenters. The van der Waals surface area contributed by atoms with E-state index in [1.165, 1.54) is 23.4 Å². The molecule has 0 atom stereocenters. The van der Waals surface area contributed by atoms with Gasteiger partial charge in [0.05, 0.1) is 6.20 Å². The zero-order valence-electron chi connectivity index (χ0n) is 6.27. The largest absolute Gasteiger partial charge is 0.263 e. The van der Waals surface area contributed by atoms with Gasteiger partial charge in [0.15, 0.2) is 0 Å². The van der Waals surface area contributed by atoms with Crippen molar-refractivity contribution in [1.82, 2.24) is 10.5 Å². The first-order chi connectivity index (χ1) is 6.09. The number of nitrogens with zero attached hydrogens (tertiary/aromatic N) is 1. The van der Waals surface area contributed by atoms with Crippen LogP contribution in [0.2, 0.25) is 0 Å². The first-order valence-electron chi connectivity index (χ1n) is 3.34. The molecule has 2 aliphatic heterocycles. The zero-order valence-corrected chi connectivity index (χ0v) is 7.84. The van der Waals surface area contributed by atoms with Crippen LogP contribution >= 0.6 is 10.7 Å². The van der Waals surface area contributed by atoms with Crippen LogP contribution in [0.5, 0.6) is 0 Å². The van der Waals surface area contributed by atoms with E-state index < -0.39 is 9.05 Å². The monoisotopic (exact) mass is 220 g/mol. The fraction of sp³-hybridized carbons (Fsp3) is 0. The summed E-state index contributed by atoms with van der Waals surface area (Å²) in [6, 6.07) is 0. The van der Waals surface area contributed by atoms with Crippen LogP contribution in [-0.4, -0.2) is 13.5 Å². The van der Waals surface area contributed by atoms with Gasteiger partial charge < -0.3 is 0 Å². The maximum Gasteiger partial charge on any atom is 0.263 e. The van der Waals surface area contributed by atoms with E-state index in [0.717, 1.165) is 0 Å². The third-order valence-corrected chi connectivity index (χ3v) is 2.94. The predicted molar refractivity (Wildman–Crippen MR) is 46.1 cm³/mol. The van der Waals surface area contributed by atoms with E-state index in [9.17, 15) is 8.42 Å². The Morgan fingerprint density at radius 3 is 3.00 bits per heavy atom. The number of nitrogens with one attached hydrogen (secondary N) is 1. The van der Waals surface area contributed by atoms with Crippen LogP contribution in [0.25, 0.3) is 0 Å². The molecule has 2 heterocycles. The van der Waals surface area contributed by atoms with Crippen molar-refractivity contribution < 1.29 is 13.4 Å². The Morgan fingerprint density at radius 1 is 1.54 bits per heavy atom. The summed E-state index contributed by atoms with van der Waals surface area (Å²) in [6.07, 6.45) is 5.91. The molecule has 0 aliphatic carbocycles. The lowest BCUT2D eigenvalue weighted by Gasteiger charge is -2.17. The van der Waals surface area contributed by atoms with Gasteiger partial charge in [-0.1, -0.05) is 0 Å². The molecular formula is C6H5ClN2O3S. The molecule has 0 saturated carbocycles. The lowest BCUT2D eigenvalue weighted by molar-refractivity contribution is -0.112. The first kappa shape index (κ1) is 8.61. The molecule has 0 aromatic carbocycles. The quantitative estimate of drug-likeness (QED) is 0.655. The SMILES string of the molecule is O=S(=O)(Cl)C1=CC=CN2ONC=C12. The number of halogens is 1. The average molecular weight is 221 g/mol. The van der Waals surface area contributed by atoms with Gasteiger partial charge in [-0.25, -0.2) is 19.0 Å². The Kier molecular flexibility index (Phi) is 1.83. The number of rotatable bonds is 1. The molecule has 0 amide bonds. The highest BCUT2D eigenvalue weighted by Crippen LogP contribution is 2.29. The van der Waals surface area contributed by atoms with Crippen LogP contribution in [0.15, 0.2) is 35.2 Å². The predicted octanol–water partition coefficient (Wildman–Crippen LogP) is 0.559. The van der Waals surface area contributed by atoms with Gasteiger partial charge in [-0.05, 0) is 12.2 Å². The standard InChI is InChI=1S/C6H5ClN2O3S/c7-13(10,11)6-2-1-3-9-5(6)4-8-12-9/h1-4,8H. The Balaban J connectivity index is 2.49. The number of fused-ring (bicyclic) bond motifs is 1. The van der Waals surface area contributed by atoms with Gasteiger partial charge in [-0.3, -0.25) is 0 Å². The molecule has 2 aliphatic rings. The fourth-order valence-electron chi connectivity index (χ4n) is 1.04. The zero-order chi connectivity index (χ0) is 9.47. The van der Waals surface area contributed by atoms with Gasteiger partial charge >= 0.3 is 0 Å². The average Bonchev–Trinajstić information content (AvgIpc) is 2.48. The smallest absolute Gasteiger partial charge is 0.247 e. The van der Waals surface area contributed by atoms with Gasteiger partial charge in [-0.15, -0.1) is 0 Å². The van der Waals surface area contributed by atoms with Crippen molar-refractivity contribution in [3.8, 4) is 0 Å². The summed E-state index contributed by atoms with van der Waals surface area (Å²) in [6.45, 7) is 0. The summed E-state index contributed by atoms with van der Waals surface area (Å²) in [5.41, 5.74) is 2.79. The van der Waals surface area contributed by atoms with Crippen LogP contribution in [0.1, 0.15) is 0 Å². The molecule has 0 radical (unpaired) electrons. The number of hydroxylamine groups is 3. The van der Waals surface area contributed by atoms with Crippen molar-refractivity contribution in [2.75, 3.05) is 0 Å². The normalized spacial score (nSPS) is 20.5. The second kappa shape index (κ2) is 2.76. The third-order valence-electron chi connectivity index (χ3n) is 1.57. The molecule has 1 N–H and O–H groups in total. The molecule has 7 heteroatoms. The van der Waals surface area contributed by atoms with Crippen LogP contribution in [0, 0.1) is 0 Å². The molecule has 0 aromatic rings. The van der Waals surface area contributed by atoms with Crippen LogP contribution in [-0.2, 0) is 14.0 Å². The Bertz CT molecular complexity index is 423. The maximum atomic E-state index is 11.0. The molecule has 5 nitrogen and oxygen atoms in total. The van der Waals surface area contributed by atoms with E-state index in [2.05, 4.69) is 5.48 Å². The van der Waals surface area contributed by atoms with Crippen molar-refractivity contribution in [3.05, 3.63) is 35.2 Å². The van der Waals surface area contributed by atoms with Gasteiger partial charge in [-0.2, -0.15) is 4.94 Å². The van der Waals surface area contributed by atoms with E-state index in [1.54, 1.807) is 6.20 Å². The van der Waals surface area contributed by atoms with Gasteiger partial charge in [0.1, 0.15) is 10.6 Å². The number of hydrogen-bond donors (Lipinski definition) is 1. The minimum atomic E-state index is -3.73. The highest BCUT2D eigenvalue weighted by molar-refractivity contribution is 8.17. The van der Waals surface area contributed by atoms with E-state index >= 15 is 0 Å². The molecular weight excluding hydrogens is 216 g/mol. The summed E-state index contributed by atoms with van der Waals surface area (Å²) < 4.78 is 22.1. The van der Waals surface area contributed by atoms with E-state index in [4.69, 9.17) is 15.6 Å². The van der Waals surface area contributed by atoms with Gasteiger partial charge in [0.25, 0.3) is 9.05 Å². The number of allylic oxidation sites excluding steroid dienone is 2. The van der Waals surface area contributed by atoms with Crippen LogP contribution < -0.4 is 5.48 Å². The molecule has 0 fully saturated rings. The lowest BCUT2D eigenvalue weighted by atomic mass is 10.3. The van der Waals surface area contributed by atoms with Crippen molar-refractivity contribution >= 4 is 19.7 Å². The minimum Gasteiger partial charge on any atom is -0.247 e. The molecule has 0 bridgehead atoms. The molecule has 0 spiro atoms. The van der Waals surface area contributed by atoms with E-state index in [0.29, 0.717) is 5.70 Å². The highest BCUT2D eigenvalue weighted by atomic mass is 35.7. The molecule has 0 aromatic heterocycles. The van der Waals surface area contributed by atoms with Crippen molar-refractivity contribution in [1.29, 1.82) is 0 Å². The minimum absolute atomic E-state index is 0.0154. The Morgan fingerprint density at radius 2 is 2.31 bits per heavy atom. The first-order valence-corrected chi connectivity index (χ1v) is 5.65. The van der Waals surface area contributed by atoms with Gasteiger partial charge in [0, 0.05) is 16.9 Å². The molecule has 2 rings (SSSR count). The Labute approximate surface area is 79.2 Å². The van der Waals surface area contributed by atoms with Gasteiger partial charge in [0.2, 0.25) is 0 Å². The van der Waals surface area contributed by atoms with Crippen LogP contribution in [0.4, 0.5) is 0 Å². The van der Waals surface area contributed by atoms with Crippen molar-refractivity contribution in [3.63, 3.8) is 0 Å². The third kappa shape index (κ3) is 1.43. The Hall–Kier alpha value is -0.980. The molecule has 0 saturated heterocycles. The van der Waals surface area contributed by atoms with E-state index in [-0.39, 0.29) is 4.91 Å². The topological polar surface area (TPSA) is 58.6 Å². The van der Waals surface area contributed by atoms with Crippen molar-refractivity contribution in [2.24, 2.45) is 0 Å². The van der Waals surface area contributed by atoms with Crippen molar-refractivity contribution in [2.45, 2.75) is 0 Å². The summed E-state index contributed by atoms with van der Waals surface area (Å²) in [7, 11) is 1.47. The highest BCUT2D eigenvalue weighted by Gasteiger charge is 2.28. The molecule has 70 valence electrons. The fourth-order valence-corrected chi connectivity index (χ4v) is 2.07. The number of hydrogen-bond acceptors (Lipinski definition) is 5. The van der Waals surface area contributed by atoms with Crippen LogP contribution in [0.3, 0.4) is 0 Å². The second-order valence-corrected chi connectivity index (χ2v) is 4.91. The second-order valence-electron chi connectivity index (χ2n) is 2.37.